The van der Waals surface area contributed by atoms with Crippen LogP contribution in [0.15, 0.2) is 0 Å². The normalized spacial score (nSPS) is 20.7. The van der Waals surface area contributed by atoms with Crippen molar-refractivity contribution in [3.63, 3.8) is 0 Å². The van der Waals surface area contributed by atoms with Gasteiger partial charge in [0.25, 0.3) is 0 Å². The van der Waals surface area contributed by atoms with Gasteiger partial charge in [0.15, 0.2) is 0 Å². The van der Waals surface area contributed by atoms with Gasteiger partial charge in [-0.05, 0) is 8.58 Å². The third-order valence-electron chi connectivity index (χ3n) is 0.600. The Kier molecular flexibility index (Phi) is 1.28. The molecule has 0 atom stereocenters. The molecule has 3 heteroatoms. The minimum Gasteiger partial charge on any atom is -0.0839 e. The Hall–Kier alpha value is 0.610. The van der Waals surface area contributed by atoms with Crippen LogP contribution in [-0.2, 0) is 0 Å². The van der Waals surface area contributed by atoms with E-state index in [1.807, 2.05) is 0 Å². The van der Waals surface area contributed by atoms with Crippen LogP contribution in [0.4, 0.5) is 0 Å². The topological polar surface area (TPSA) is 0 Å². The Morgan fingerprint density at radius 1 is 1.33 bits per heavy atom. The molecule has 6 heavy (non-hydrogen) atoms. The van der Waals surface area contributed by atoms with Gasteiger partial charge in [-0.1, -0.05) is 24.4 Å². The van der Waals surface area contributed by atoms with Crippen molar-refractivity contribution in [2.24, 2.45) is 0 Å². The van der Waals surface area contributed by atoms with Crippen LogP contribution < -0.4 is 0 Å². The minimum absolute atomic E-state index is 0.731. The Balaban J connectivity index is 2.47. The summed E-state index contributed by atoms with van der Waals surface area (Å²) in [5, 5.41) is 0. The first kappa shape index (κ1) is 4.76. The summed E-state index contributed by atoms with van der Waals surface area (Å²) in [7, 11) is 0.731. The van der Waals surface area contributed by atoms with Gasteiger partial charge in [-0.3, -0.25) is 0 Å². The van der Waals surface area contributed by atoms with E-state index in [4.69, 9.17) is 24.4 Å². The summed E-state index contributed by atoms with van der Waals surface area (Å²) < 4.78 is 2.31. The van der Waals surface area contributed by atoms with Crippen LogP contribution in [0.25, 0.3) is 0 Å². The number of hydrogen-bond acceptors (Lipinski definition) is 2. The Morgan fingerprint density at radius 3 is 1.67 bits per heavy atom. The van der Waals surface area contributed by atoms with Crippen LogP contribution in [0.2, 0.25) is 0 Å². The van der Waals surface area contributed by atoms with Crippen LogP contribution in [0, 0.1) is 0 Å². The van der Waals surface area contributed by atoms with E-state index in [-0.39, 0.29) is 0 Å². The van der Waals surface area contributed by atoms with Crippen molar-refractivity contribution in [1.82, 2.24) is 0 Å². The molecular formula is C3H3PS2. The second-order valence-electron chi connectivity index (χ2n) is 1.15. The third-order valence-corrected chi connectivity index (χ3v) is 2.41. The number of rotatable bonds is 0. The summed E-state index contributed by atoms with van der Waals surface area (Å²) in [6, 6.07) is 0. The average molecular weight is 134 g/mol. The molecule has 1 saturated heterocycles. The summed E-state index contributed by atoms with van der Waals surface area (Å²) in [4.78, 5) is 0. The summed E-state index contributed by atoms with van der Waals surface area (Å²) in [5.41, 5.74) is 0. The van der Waals surface area contributed by atoms with E-state index < -0.39 is 0 Å². The quantitative estimate of drug-likeness (QED) is 0.365. The molecule has 0 aromatic carbocycles. The second-order valence-corrected chi connectivity index (χ2v) is 4.32. The molecule has 0 aromatic rings. The largest absolute Gasteiger partial charge is 0.0839 e. The van der Waals surface area contributed by atoms with Crippen molar-refractivity contribution in [3.05, 3.63) is 0 Å². The summed E-state index contributed by atoms with van der Waals surface area (Å²) in [6.45, 7) is 0. The highest BCUT2D eigenvalue weighted by molar-refractivity contribution is 8.09. The Labute approximate surface area is 49.1 Å². The van der Waals surface area contributed by atoms with E-state index in [0.717, 1.165) is 24.2 Å². The van der Waals surface area contributed by atoms with E-state index in [9.17, 15) is 0 Å². The SMILES string of the molecule is S=C1CC(=S)P1. The highest BCUT2D eigenvalue weighted by Gasteiger charge is 2.13. The predicted octanol–water partition coefficient (Wildman–Crippen LogP) is 1.72. The second kappa shape index (κ2) is 1.61. The van der Waals surface area contributed by atoms with Gasteiger partial charge in [-0.25, -0.2) is 0 Å². The average Bonchev–Trinajstić information content (AvgIpc) is 1.33. The molecule has 0 N–H and O–H groups in total. The minimum atomic E-state index is 0.731. The van der Waals surface area contributed by atoms with Crippen LogP contribution >= 0.6 is 33.0 Å². The van der Waals surface area contributed by atoms with E-state index >= 15 is 0 Å². The van der Waals surface area contributed by atoms with Crippen molar-refractivity contribution in [2.75, 3.05) is 0 Å². The van der Waals surface area contributed by atoms with Crippen molar-refractivity contribution in [3.8, 4) is 0 Å². The molecule has 0 saturated carbocycles. The van der Waals surface area contributed by atoms with Crippen LogP contribution in [-0.4, -0.2) is 9.21 Å². The first-order valence-corrected chi connectivity index (χ1v) is 3.43. The van der Waals surface area contributed by atoms with Gasteiger partial charge in [0.1, 0.15) is 0 Å². The van der Waals surface area contributed by atoms with Gasteiger partial charge >= 0.3 is 0 Å². The molecule has 32 valence electrons. The van der Waals surface area contributed by atoms with E-state index in [1.165, 1.54) is 0 Å². The first-order chi connectivity index (χ1) is 2.79. The summed E-state index contributed by atoms with van der Waals surface area (Å²) in [6.07, 6.45) is 0.948. The van der Waals surface area contributed by atoms with Crippen molar-refractivity contribution < 1.29 is 0 Å². The monoisotopic (exact) mass is 134 g/mol. The molecule has 0 amide bonds. The van der Waals surface area contributed by atoms with E-state index in [2.05, 4.69) is 0 Å². The van der Waals surface area contributed by atoms with Crippen LogP contribution in [0.3, 0.4) is 0 Å². The Bertz CT molecular complexity index is 85.4. The lowest BCUT2D eigenvalue weighted by Crippen LogP contribution is -2.06. The van der Waals surface area contributed by atoms with E-state index in [1.54, 1.807) is 0 Å². The highest BCUT2D eigenvalue weighted by Crippen LogP contribution is 2.32. The lowest BCUT2D eigenvalue weighted by Gasteiger charge is -2.12. The molecule has 0 unspecified atom stereocenters. The molecular weight excluding hydrogens is 131 g/mol. The summed E-state index contributed by atoms with van der Waals surface area (Å²) in [5.74, 6) is 0. The van der Waals surface area contributed by atoms with Gasteiger partial charge in [-0.2, -0.15) is 0 Å². The zero-order valence-electron chi connectivity index (χ0n) is 3.02. The molecule has 1 heterocycles. The molecule has 0 aliphatic carbocycles. The molecule has 0 radical (unpaired) electrons. The molecule has 0 nitrogen and oxygen atoms in total. The fourth-order valence-electron chi connectivity index (χ4n) is 0.283. The maximum Gasteiger partial charge on any atom is 0.0234 e. The van der Waals surface area contributed by atoms with Gasteiger partial charge < -0.3 is 0 Å². The fourth-order valence-corrected chi connectivity index (χ4v) is 2.39. The molecule has 0 bridgehead atoms. The molecule has 1 aliphatic rings. The Morgan fingerprint density at radius 2 is 1.67 bits per heavy atom. The smallest absolute Gasteiger partial charge is 0.0234 e. The van der Waals surface area contributed by atoms with Crippen molar-refractivity contribution in [2.45, 2.75) is 6.42 Å². The number of thiocarbonyl (C=S) groups is 2. The zero-order chi connectivity index (χ0) is 4.57. The molecule has 0 spiro atoms. The lowest BCUT2D eigenvalue weighted by atomic mass is 10.5. The van der Waals surface area contributed by atoms with Crippen LogP contribution in [0.5, 0.6) is 0 Å². The lowest BCUT2D eigenvalue weighted by molar-refractivity contribution is 1.78. The standard InChI is InChI=1S/C3H3PS2/c5-2-1-3(6)4-2/h4H,1H2. The van der Waals surface area contributed by atoms with Crippen molar-refractivity contribution in [1.29, 1.82) is 0 Å². The van der Waals surface area contributed by atoms with Gasteiger partial charge in [-0.15, -0.1) is 0 Å². The fraction of sp³-hybridized carbons (Fsp3) is 0.333. The zero-order valence-corrected chi connectivity index (χ0v) is 5.66. The first-order valence-electron chi connectivity index (χ1n) is 1.62. The summed E-state index contributed by atoms with van der Waals surface area (Å²) >= 11 is 9.57. The van der Waals surface area contributed by atoms with E-state index in [0.29, 0.717) is 0 Å². The van der Waals surface area contributed by atoms with Crippen LogP contribution in [0.1, 0.15) is 6.42 Å². The van der Waals surface area contributed by atoms with Gasteiger partial charge in [0, 0.05) is 15.6 Å². The predicted molar refractivity (Wildman–Crippen MR) is 38.1 cm³/mol. The van der Waals surface area contributed by atoms with Gasteiger partial charge in [0.2, 0.25) is 0 Å². The highest BCUT2D eigenvalue weighted by atomic mass is 32.1. The molecule has 1 rings (SSSR count). The third kappa shape index (κ3) is 0.810. The molecule has 1 fully saturated rings. The maximum atomic E-state index is 4.79. The molecule has 0 aromatic heterocycles. The molecule has 1 aliphatic heterocycles. The van der Waals surface area contributed by atoms with Gasteiger partial charge in [0.05, 0.1) is 0 Å². The number of hydrogen-bond donors (Lipinski definition) is 0. The van der Waals surface area contributed by atoms with Crippen molar-refractivity contribution >= 4 is 42.2 Å². The maximum absolute atomic E-state index is 4.79.